The van der Waals surface area contributed by atoms with Gasteiger partial charge in [-0.05, 0) is 29.6 Å². The molecule has 1 amide bonds. The predicted molar refractivity (Wildman–Crippen MR) is 101 cm³/mol. The van der Waals surface area contributed by atoms with Crippen molar-refractivity contribution in [3.05, 3.63) is 59.6 Å². The van der Waals surface area contributed by atoms with Crippen LogP contribution >= 0.6 is 11.3 Å². The van der Waals surface area contributed by atoms with Crippen molar-refractivity contribution in [2.75, 3.05) is 31.1 Å². The average molecular weight is 352 g/mol. The Morgan fingerprint density at radius 2 is 1.80 bits per heavy atom. The van der Waals surface area contributed by atoms with Gasteiger partial charge in [-0.2, -0.15) is 5.10 Å². The fourth-order valence-corrected chi connectivity index (χ4v) is 3.86. The highest BCUT2D eigenvalue weighted by atomic mass is 32.1. The highest BCUT2D eigenvalue weighted by Gasteiger charge is 2.25. The number of carbonyl (C=O) groups excluding carboxylic acids is 1. The molecule has 0 spiro atoms. The highest BCUT2D eigenvalue weighted by Crippen LogP contribution is 2.24. The van der Waals surface area contributed by atoms with Gasteiger partial charge in [-0.25, -0.2) is 0 Å². The van der Waals surface area contributed by atoms with Crippen molar-refractivity contribution in [2.24, 2.45) is 7.05 Å². The summed E-state index contributed by atoms with van der Waals surface area (Å²) in [6.45, 7) is 3.16. The lowest BCUT2D eigenvalue weighted by Gasteiger charge is -2.36. The molecule has 3 aromatic rings. The maximum Gasteiger partial charge on any atom is 0.272 e. The largest absolute Gasteiger partial charge is 0.368 e. The number of aromatic nitrogens is 2. The van der Waals surface area contributed by atoms with Gasteiger partial charge < -0.3 is 9.80 Å². The number of hydrogen-bond acceptors (Lipinski definition) is 4. The quantitative estimate of drug-likeness (QED) is 0.727. The first-order valence-electron chi connectivity index (χ1n) is 8.39. The molecule has 1 saturated heterocycles. The third kappa shape index (κ3) is 3.17. The fourth-order valence-electron chi connectivity index (χ4n) is 3.18. The van der Waals surface area contributed by atoms with Crippen LogP contribution in [0.25, 0.3) is 10.6 Å². The molecular weight excluding hydrogens is 332 g/mol. The van der Waals surface area contributed by atoms with E-state index in [1.165, 1.54) is 5.69 Å². The topological polar surface area (TPSA) is 41.4 Å². The monoisotopic (exact) mass is 352 g/mol. The minimum Gasteiger partial charge on any atom is -0.368 e. The molecule has 5 nitrogen and oxygen atoms in total. The molecule has 0 atom stereocenters. The minimum atomic E-state index is 0.0607. The molecule has 6 heteroatoms. The Hall–Kier alpha value is -2.60. The zero-order valence-electron chi connectivity index (χ0n) is 14.1. The maximum atomic E-state index is 12.9. The summed E-state index contributed by atoms with van der Waals surface area (Å²) in [6, 6.07) is 16.3. The second-order valence-electron chi connectivity index (χ2n) is 6.13. The van der Waals surface area contributed by atoms with E-state index < -0.39 is 0 Å². The molecule has 0 radical (unpaired) electrons. The Morgan fingerprint density at radius 1 is 1.04 bits per heavy atom. The van der Waals surface area contributed by atoms with Gasteiger partial charge in [0.25, 0.3) is 5.91 Å². The SMILES string of the molecule is Cn1nc(-c2cccs2)cc1C(=O)N1CCN(c2ccccc2)CC1. The number of benzene rings is 1. The Balaban J connectivity index is 1.46. The third-order valence-corrected chi connectivity index (χ3v) is 5.45. The van der Waals surface area contributed by atoms with E-state index in [4.69, 9.17) is 0 Å². The van der Waals surface area contributed by atoms with Crippen molar-refractivity contribution in [1.82, 2.24) is 14.7 Å². The molecule has 1 aromatic carbocycles. The smallest absolute Gasteiger partial charge is 0.272 e. The molecule has 1 aliphatic rings. The van der Waals surface area contributed by atoms with Crippen molar-refractivity contribution in [3.8, 4) is 10.6 Å². The van der Waals surface area contributed by atoms with Gasteiger partial charge in [-0.1, -0.05) is 24.3 Å². The fraction of sp³-hybridized carbons (Fsp3) is 0.263. The van der Waals surface area contributed by atoms with E-state index in [2.05, 4.69) is 34.3 Å². The summed E-state index contributed by atoms with van der Waals surface area (Å²) in [5, 5.41) is 6.52. The van der Waals surface area contributed by atoms with Gasteiger partial charge in [0.05, 0.1) is 4.88 Å². The summed E-state index contributed by atoms with van der Waals surface area (Å²) in [5.74, 6) is 0.0607. The molecular formula is C19H20N4OS. The lowest BCUT2D eigenvalue weighted by molar-refractivity contribution is 0.0735. The van der Waals surface area contributed by atoms with E-state index in [1.807, 2.05) is 41.6 Å². The van der Waals surface area contributed by atoms with Gasteiger partial charge in [0, 0.05) is 38.9 Å². The van der Waals surface area contributed by atoms with Crippen molar-refractivity contribution < 1.29 is 4.79 Å². The summed E-state index contributed by atoms with van der Waals surface area (Å²) in [7, 11) is 1.84. The summed E-state index contributed by atoms with van der Waals surface area (Å²) in [6.07, 6.45) is 0. The van der Waals surface area contributed by atoms with E-state index >= 15 is 0 Å². The van der Waals surface area contributed by atoms with E-state index in [-0.39, 0.29) is 5.91 Å². The van der Waals surface area contributed by atoms with Crippen LogP contribution in [0.1, 0.15) is 10.5 Å². The Morgan fingerprint density at radius 3 is 2.48 bits per heavy atom. The summed E-state index contributed by atoms with van der Waals surface area (Å²) < 4.78 is 1.70. The van der Waals surface area contributed by atoms with Crippen molar-refractivity contribution in [1.29, 1.82) is 0 Å². The number of anilines is 1. The van der Waals surface area contributed by atoms with Crippen LogP contribution in [0.4, 0.5) is 5.69 Å². The van der Waals surface area contributed by atoms with Crippen LogP contribution in [-0.2, 0) is 7.05 Å². The van der Waals surface area contributed by atoms with Crippen LogP contribution in [0.2, 0.25) is 0 Å². The van der Waals surface area contributed by atoms with Crippen molar-refractivity contribution in [3.63, 3.8) is 0 Å². The number of amides is 1. The Labute approximate surface area is 151 Å². The molecule has 25 heavy (non-hydrogen) atoms. The van der Waals surface area contributed by atoms with Crippen molar-refractivity contribution >= 4 is 22.9 Å². The van der Waals surface area contributed by atoms with Gasteiger partial charge in [0.2, 0.25) is 0 Å². The molecule has 0 saturated carbocycles. The zero-order valence-corrected chi connectivity index (χ0v) is 14.9. The van der Waals surface area contributed by atoms with Gasteiger partial charge in [0.1, 0.15) is 11.4 Å². The number of nitrogens with zero attached hydrogens (tertiary/aromatic N) is 4. The number of aryl methyl sites for hydroxylation is 1. The third-order valence-electron chi connectivity index (χ3n) is 4.56. The molecule has 1 fully saturated rings. The molecule has 0 aliphatic carbocycles. The lowest BCUT2D eigenvalue weighted by atomic mass is 10.2. The van der Waals surface area contributed by atoms with Crippen LogP contribution in [0.3, 0.4) is 0 Å². The van der Waals surface area contributed by atoms with Crippen LogP contribution in [-0.4, -0.2) is 46.8 Å². The zero-order chi connectivity index (χ0) is 17.2. The second kappa shape index (κ2) is 6.72. The minimum absolute atomic E-state index is 0.0607. The van der Waals surface area contributed by atoms with E-state index in [1.54, 1.807) is 16.0 Å². The van der Waals surface area contributed by atoms with E-state index in [9.17, 15) is 4.79 Å². The number of thiophene rings is 1. The number of para-hydroxylation sites is 1. The second-order valence-corrected chi connectivity index (χ2v) is 7.08. The highest BCUT2D eigenvalue weighted by molar-refractivity contribution is 7.13. The first kappa shape index (κ1) is 15.9. The van der Waals surface area contributed by atoms with Gasteiger partial charge in [0.15, 0.2) is 0 Å². The first-order chi connectivity index (χ1) is 12.2. The van der Waals surface area contributed by atoms with E-state index in [0.717, 1.165) is 36.8 Å². The molecule has 128 valence electrons. The summed E-state index contributed by atoms with van der Waals surface area (Å²) in [4.78, 5) is 18.2. The molecule has 3 heterocycles. The molecule has 2 aromatic heterocycles. The molecule has 0 bridgehead atoms. The lowest BCUT2D eigenvalue weighted by Crippen LogP contribution is -2.49. The normalized spacial score (nSPS) is 14.8. The standard InChI is InChI=1S/C19H20N4OS/c1-21-17(14-16(20-21)18-8-5-13-25-18)19(24)23-11-9-22(10-12-23)15-6-3-2-4-7-15/h2-8,13-14H,9-12H2,1H3. The van der Waals surface area contributed by atoms with Crippen molar-refractivity contribution in [2.45, 2.75) is 0 Å². The number of carbonyl (C=O) groups is 1. The van der Waals surface area contributed by atoms with Gasteiger partial charge >= 0.3 is 0 Å². The average Bonchev–Trinajstić information content (AvgIpc) is 3.32. The number of piperazine rings is 1. The Bertz CT molecular complexity index is 849. The van der Waals surface area contributed by atoms with Gasteiger partial charge in [-0.3, -0.25) is 9.48 Å². The number of hydrogen-bond donors (Lipinski definition) is 0. The van der Waals surface area contributed by atoms with Crippen LogP contribution in [0.15, 0.2) is 53.9 Å². The molecule has 1 aliphatic heterocycles. The molecule has 4 rings (SSSR count). The maximum absolute atomic E-state index is 12.9. The predicted octanol–water partition coefficient (Wildman–Crippen LogP) is 3.11. The van der Waals surface area contributed by atoms with Crippen LogP contribution < -0.4 is 4.90 Å². The first-order valence-corrected chi connectivity index (χ1v) is 9.27. The van der Waals surface area contributed by atoms with E-state index in [0.29, 0.717) is 5.69 Å². The molecule has 0 unspecified atom stereocenters. The molecule has 0 N–H and O–H groups in total. The number of rotatable bonds is 3. The summed E-state index contributed by atoms with van der Waals surface area (Å²) in [5.41, 5.74) is 2.73. The summed E-state index contributed by atoms with van der Waals surface area (Å²) >= 11 is 1.64. The van der Waals surface area contributed by atoms with Crippen LogP contribution in [0.5, 0.6) is 0 Å². The Kier molecular flexibility index (Phi) is 4.28. The van der Waals surface area contributed by atoms with Crippen LogP contribution in [0, 0.1) is 0 Å². The van der Waals surface area contributed by atoms with Gasteiger partial charge in [-0.15, -0.1) is 11.3 Å².